The van der Waals surface area contributed by atoms with Crippen molar-refractivity contribution in [2.45, 2.75) is 11.8 Å². The third-order valence-corrected chi connectivity index (χ3v) is 3.77. The number of fused-ring (bicyclic) bond motifs is 3. The first-order valence-corrected chi connectivity index (χ1v) is 6.83. The number of hydrogen-bond donors (Lipinski definition) is 0. The van der Waals surface area contributed by atoms with Gasteiger partial charge in [0.2, 0.25) is 0 Å². The van der Waals surface area contributed by atoms with Crippen molar-refractivity contribution in [1.29, 1.82) is 0 Å². The van der Waals surface area contributed by atoms with Crippen molar-refractivity contribution in [3.63, 3.8) is 0 Å². The summed E-state index contributed by atoms with van der Waals surface area (Å²) in [5.74, 6) is 1.09. The topological polar surface area (TPSA) is 0 Å². The normalized spacial score (nSPS) is 11.1. The van der Waals surface area contributed by atoms with E-state index in [1.165, 1.54) is 26.4 Å². The molecule has 0 nitrogen and oxygen atoms in total. The van der Waals surface area contributed by atoms with Gasteiger partial charge in [-0.15, -0.1) is 11.8 Å². The van der Waals surface area contributed by atoms with Crippen molar-refractivity contribution >= 4 is 33.3 Å². The number of thioether (sulfide) groups is 1. The molecule has 3 rings (SSSR count). The molecule has 0 fully saturated rings. The van der Waals surface area contributed by atoms with Crippen LogP contribution in [0.3, 0.4) is 0 Å². The molecule has 1 radical (unpaired) electrons. The maximum atomic E-state index is 3.48. The first-order chi connectivity index (χ1) is 8.38. The van der Waals surface area contributed by atoms with Crippen molar-refractivity contribution in [2.24, 2.45) is 0 Å². The Bertz CT molecular complexity index is 670. The van der Waals surface area contributed by atoms with Crippen LogP contribution in [-0.4, -0.2) is 5.75 Å². The van der Waals surface area contributed by atoms with Crippen LogP contribution < -0.4 is 0 Å². The van der Waals surface area contributed by atoms with Gasteiger partial charge in [-0.25, -0.2) is 0 Å². The molecule has 83 valence electrons. The summed E-state index contributed by atoms with van der Waals surface area (Å²) in [6.07, 6.45) is 0. The van der Waals surface area contributed by atoms with E-state index in [0.29, 0.717) is 0 Å². The van der Waals surface area contributed by atoms with Crippen LogP contribution in [0.1, 0.15) is 6.92 Å². The molecular weight excluding hydrogens is 224 g/mol. The summed E-state index contributed by atoms with van der Waals surface area (Å²) in [5.41, 5.74) is 0. The number of hydrogen-bond acceptors (Lipinski definition) is 1. The van der Waals surface area contributed by atoms with Gasteiger partial charge in [-0.05, 0) is 33.4 Å². The predicted molar refractivity (Wildman–Crippen MR) is 76.7 cm³/mol. The van der Waals surface area contributed by atoms with Gasteiger partial charge in [-0.2, -0.15) is 0 Å². The van der Waals surface area contributed by atoms with Crippen LogP contribution in [0.2, 0.25) is 0 Å². The lowest BCUT2D eigenvalue weighted by molar-refractivity contribution is 1.45. The smallest absolute Gasteiger partial charge is 0.0157 e. The van der Waals surface area contributed by atoms with Crippen LogP contribution in [0, 0.1) is 6.07 Å². The quantitative estimate of drug-likeness (QED) is 0.451. The summed E-state index contributed by atoms with van der Waals surface area (Å²) in [6.45, 7) is 2.17. The molecule has 0 heterocycles. The summed E-state index contributed by atoms with van der Waals surface area (Å²) in [7, 11) is 0. The third-order valence-electron chi connectivity index (χ3n) is 2.93. The monoisotopic (exact) mass is 237 g/mol. The average Bonchev–Trinajstić information content (AvgIpc) is 2.39. The Balaban J connectivity index is 2.29. The van der Waals surface area contributed by atoms with Gasteiger partial charge >= 0.3 is 0 Å². The molecule has 0 saturated heterocycles. The highest BCUT2D eigenvalue weighted by atomic mass is 32.2. The van der Waals surface area contributed by atoms with Crippen LogP contribution in [0.15, 0.2) is 53.4 Å². The lowest BCUT2D eigenvalue weighted by Crippen LogP contribution is -1.79. The van der Waals surface area contributed by atoms with E-state index >= 15 is 0 Å². The molecule has 0 aliphatic heterocycles. The van der Waals surface area contributed by atoms with Gasteiger partial charge in [0.25, 0.3) is 0 Å². The van der Waals surface area contributed by atoms with Crippen LogP contribution in [0.4, 0.5) is 0 Å². The van der Waals surface area contributed by atoms with Gasteiger partial charge in [0.05, 0.1) is 0 Å². The minimum absolute atomic E-state index is 1.09. The lowest BCUT2D eigenvalue weighted by atomic mass is 10.0. The fourth-order valence-electron chi connectivity index (χ4n) is 2.16. The Morgan fingerprint density at radius 1 is 0.941 bits per heavy atom. The average molecular weight is 237 g/mol. The van der Waals surface area contributed by atoms with E-state index in [0.717, 1.165) is 5.75 Å². The van der Waals surface area contributed by atoms with Crippen molar-refractivity contribution in [3.8, 4) is 0 Å². The van der Waals surface area contributed by atoms with Gasteiger partial charge in [-0.1, -0.05) is 49.4 Å². The molecule has 3 aromatic rings. The van der Waals surface area contributed by atoms with Gasteiger partial charge in [-0.3, -0.25) is 0 Å². The second kappa shape index (κ2) is 4.42. The second-order valence-electron chi connectivity index (χ2n) is 4.00. The van der Waals surface area contributed by atoms with Crippen molar-refractivity contribution in [2.75, 3.05) is 5.75 Å². The zero-order valence-corrected chi connectivity index (χ0v) is 10.6. The van der Waals surface area contributed by atoms with Crippen molar-refractivity contribution in [3.05, 3.63) is 54.6 Å². The molecule has 3 aromatic carbocycles. The Morgan fingerprint density at radius 2 is 1.82 bits per heavy atom. The Kier molecular flexibility index (Phi) is 2.77. The van der Waals surface area contributed by atoms with E-state index < -0.39 is 0 Å². The number of benzene rings is 3. The van der Waals surface area contributed by atoms with E-state index in [9.17, 15) is 0 Å². The summed E-state index contributed by atoms with van der Waals surface area (Å²) in [4.78, 5) is 1.23. The zero-order chi connectivity index (χ0) is 11.7. The summed E-state index contributed by atoms with van der Waals surface area (Å²) >= 11 is 1.84. The second-order valence-corrected chi connectivity index (χ2v) is 5.31. The van der Waals surface area contributed by atoms with Crippen LogP contribution in [0.5, 0.6) is 0 Å². The van der Waals surface area contributed by atoms with E-state index in [2.05, 4.69) is 61.5 Å². The van der Waals surface area contributed by atoms with Gasteiger partial charge < -0.3 is 0 Å². The van der Waals surface area contributed by atoms with Gasteiger partial charge in [0, 0.05) is 11.0 Å². The van der Waals surface area contributed by atoms with Crippen LogP contribution >= 0.6 is 11.8 Å². The van der Waals surface area contributed by atoms with Crippen LogP contribution in [-0.2, 0) is 0 Å². The molecule has 0 aliphatic carbocycles. The standard InChI is InChI=1S/C16H13S/c1-2-17-14-9-10-16-13(11-14)8-7-12-5-3-4-6-15(12)16/h3-10H,2H2,1H3. The summed E-state index contributed by atoms with van der Waals surface area (Å²) < 4.78 is 0. The van der Waals surface area contributed by atoms with Crippen molar-refractivity contribution in [1.82, 2.24) is 0 Å². The molecule has 0 amide bonds. The Labute approximate surface area is 106 Å². The minimum atomic E-state index is 1.09. The van der Waals surface area contributed by atoms with E-state index in [-0.39, 0.29) is 0 Å². The molecule has 0 bridgehead atoms. The maximum absolute atomic E-state index is 3.48. The Morgan fingerprint density at radius 3 is 2.71 bits per heavy atom. The first-order valence-electron chi connectivity index (χ1n) is 5.85. The summed E-state index contributed by atoms with van der Waals surface area (Å²) in [5, 5.41) is 5.12. The first kappa shape index (κ1) is 10.7. The van der Waals surface area contributed by atoms with Crippen molar-refractivity contribution < 1.29 is 0 Å². The highest BCUT2D eigenvalue weighted by molar-refractivity contribution is 7.99. The molecule has 0 aromatic heterocycles. The fraction of sp³-hybridized carbons (Fsp3) is 0.125. The molecule has 0 atom stereocenters. The highest BCUT2D eigenvalue weighted by Gasteiger charge is 2.01. The predicted octanol–water partition coefficient (Wildman–Crippen LogP) is 4.91. The van der Waals surface area contributed by atoms with E-state index in [1.54, 1.807) is 0 Å². The molecule has 0 saturated carbocycles. The molecule has 0 unspecified atom stereocenters. The number of rotatable bonds is 2. The largest absolute Gasteiger partial charge is 0.126 e. The summed E-state index contributed by atoms with van der Waals surface area (Å²) in [6, 6.07) is 20.7. The molecule has 0 N–H and O–H groups in total. The minimum Gasteiger partial charge on any atom is -0.126 e. The molecule has 0 aliphatic rings. The third kappa shape index (κ3) is 1.91. The zero-order valence-electron chi connectivity index (χ0n) is 9.73. The van der Waals surface area contributed by atoms with E-state index in [1.807, 2.05) is 11.8 Å². The Hall–Kier alpha value is -1.47. The molecule has 17 heavy (non-hydrogen) atoms. The lowest BCUT2D eigenvalue weighted by Gasteiger charge is -2.05. The fourth-order valence-corrected chi connectivity index (χ4v) is 2.81. The molecule has 0 spiro atoms. The highest BCUT2D eigenvalue weighted by Crippen LogP contribution is 2.28. The van der Waals surface area contributed by atoms with E-state index in [4.69, 9.17) is 0 Å². The van der Waals surface area contributed by atoms with Crippen LogP contribution in [0.25, 0.3) is 21.5 Å². The molecular formula is C16H13S. The van der Waals surface area contributed by atoms with Gasteiger partial charge in [0.1, 0.15) is 0 Å². The maximum Gasteiger partial charge on any atom is 0.0157 e. The van der Waals surface area contributed by atoms with Gasteiger partial charge in [0.15, 0.2) is 0 Å². The SMILES string of the molecule is CCSc1[c]c2ccc3ccccc3c2cc1. The molecule has 1 heteroatoms.